The molecule has 0 saturated heterocycles. The Morgan fingerprint density at radius 1 is 1.40 bits per heavy atom. The van der Waals surface area contributed by atoms with E-state index in [1.165, 1.54) is 0 Å². The summed E-state index contributed by atoms with van der Waals surface area (Å²) in [7, 11) is 0. The fraction of sp³-hybridized carbons (Fsp3) is 0.417. The molecule has 0 heterocycles. The lowest BCUT2D eigenvalue weighted by Gasteiger charge is -2.16. The average Bonchev–Trinajstić information content (AvgIpc) is 2.34. The summed E-state index contributed by atoms with van der Waals surface area (Å²) >= 11 is 0. The Morgan fingerprint density at radius 2 is 2.05 bits per heavy atom. The molecule has 112 valence electrons. The molecular weight excluding hydrogens is 282 g/mol. The molecule has 0 radical (unpaired) electrons. The van der Waals surface area contributed by atoms with Crippen LogP contribution in [-0.4, -0.2) is 30.4 Å². The van der Waals surface area contributed by atoms with Gasteiger partial charge in [-0.3, -0.25) is 4.79 Å². The van der Waals surface area contributed by atoms with Crippen molar-refractivity contribution in [2.75, 3.05) is 13.3 Å². The molecule has 0 aliphatic rings. The number of hydrogen-bond donors (Lipinski definition) is 2. The first-order chi connectivity index (χ1) is 9.25. The number of alkyl halides is 4. The van der Waals surface area contributed by atoms with Gasteiger partial charge in [0, 0.05) is 0 Å². The second kappa shape index (κ2) is 6.56. The summed E-state index contributed by atoms with van der Waals surface area (Å²) in [4.78, 5) is 10.6. The molecule has 0 bridgehead atoms. The third kappa shape index (κ3) is 4.37. The Morgan fingerprint density at radius 3 is 2.55 bits per heavy atom. The quantitative estimate of drug-likeness (QED) is 0.787. The van der Waals surface area contributed by atoms with Crippen molar-refractivity contribution in [3.05, 3.63) is 29.3 Å². The minimum Gasteiger partial charge on any atom is -0.491 e. The smallest absolute Gasteiger partial charge is 0.416 e. The number of carbonyl (C=O) groups is 1. The van der Waals surface area contributed by atoms with Gasteiger partial charge in [0.15, 0.2) is 0 Å². The number of rotatable bonds is 6. The predicted octanol–water partition coefficient (Wildman–Crippen LogP) is 2.01. The van der Waals surface area contributed by atoms with Gasteiger partial charge < -0.3 is 15.6 Å². The first-order valence-corrected chi connectivity index (χ1v) is 5.63. The number of hydrogen-bond acceptors (Lipinski definition) is 3. The van der Waals surface area contributed by atoms with E-state index in [0.29, 0.717) is 0 Å². The third-order valence-corrected chi connectivity index (χ3v) is 2.49. The average molecular weight is 295 g/mol. The van der Waals surface area contributed by atoms with Crippen LogP contribution < -0.4 is 10.5 Å². The largest absolute Gasteiger partial charge is 0.491 e. The normalized spacial score (nSPS) is 13.1. The van der Waals surface area contributed by atoms with E-state index in [1.54, 1.807) is 0 Å². The molecule has 1 aromatic rings. The molecule has 3 N–H and O–H groups in total. The second-order valence-corrected chi connectivity index (χ2v) is 4.00. The molecule has 0 fully saturated rings. The summed E-state index contributed by atoms with van der Waals surface area (Å²) in [6.07, 6.45) is -5.14. The molecule has 8 heteroatoms. The maximum atomic E-state index is 12.8. The van der Waals surface area contributed by atoms with Gasteiger partial charge in [0.2, 0.25) is 0 Å². The molecule has 1 aromatic carbocycles. The zero-order valence-corrected chi connectivity index (χ0v) is 10.3. The number of nitrogens with two attached hydrogens (primary N) is 1. The number of carboxylic acids is 1. The molecule has 1 atom stereocenters. The molecule has 0 aromatic heterocycles. The Kier molecular flexibility index (Phi) is 5.32. The van der Waals surface area contributed by atoms with Crippen LogP contribution in [0.25, 0.3) is 0 Å². The molecule has 1 unspecified atom stereocenters. The van der Waals surface area contributed by atoms with Crippen molar-refractivity contribution in [3.63, 3.8) is 0 Å². The van der Waals surface area contributed by atoms with E-state index in [-0.39, 0.29) is 17.9 Å². The van der Waals surface area contributed by atoms with Gasteiger partial charge in [0.25, 0.3) is 0 Å². The van der Waals surface area contributed by atoms with Crippen molar-refractivity contribution in [2.45, 2.75) is 18.6 Å². The predicted molar refractivity (Wildman–Crippen MR) is 62.2 cm³/mol. The van der Waals surface area contributed by atoms with E-state index in [2.05, 4.69) is 0 Å². The van der Waals surface area contributed by atoms with Gasteiger partial charge in [-0.2, -0.15) is 13.2 Å². The van der Waals surface area contributed by atoms with Crippen molar-refractivity contribution in [3.8, 4) is 5.75 Å². The Hall–Kier alpha value is -1.83. The van der Waals surface area contributed by atoms with Gasteiger partial charge in [-0.25, -0.2) is 4.39 Å². The Bertz CT molecular complexity index is 476. The third-order valence-electron chi connectivity index (χ3n) is 2.49. The van der Waals surface area contributed by atoms with E-state index in [0.717, 1.165) is 18.2 Å². The molecule has 4 nitrogen and oxygen atoms in total. The van der Waals surface area contributed by atoms with Gasteiger partial charge in [0.1, 0.15) is 25.1 Å². The van der Waals surface area contributed by atoms with E-state index in [1.807, 2.05) is 0 Å². The summed E-state index contributed by atoms with van der Waals surface area (Å²) in [5.74, 6) is -1.38. The highest BCUT2D eigenvalue weighted by Crippen LogP contribution is 2.34. The van der Waals surface area contributed by atoms with Crippen molar-refractivity contribution in [1.29, 1.82) is 0 Å². The Balaban J connectivity index is 3.09. The maximum Gasteiger partial charge on any atom is 0.416 e. The zero-order chi connectivity index (χ0) is 15.3. The van der Waals surface area contributed by atoms with Gasteiger partial charge in [-0.05, 0) is 30.2 Å². The van der Waals surface area contributed by atoms with Crippen molar-refractivity contribution >= 4 is 5.97 Å². The van der Waals surface area contributed by atoms with Crippen LogP contribution in [0.1, 0.15) is 11.1 Å². The van der Waals surface area contributed by atoms with Crippen LogP contribution in [0.3, 0.4) is 0 Å². The first kappa shape index (κ1) is 16.2. The van der Waals surface area contributed by atoms with Crippen LogP contribution in [0.2, 0.25) is 0 Å². The lowest BCUT2D eigenvalue weighted by Crippen LogP contribution is -2.33. The number of benzene rings is 1. The van der Waals surface area contributed by atoms with Gasteiger partial charge >= 0.3 is 12.1 Å². The highest BCUT2D eigenvalue weighted by Gasteiger charge is 2.34. The standard InChI is InChI=1S/C12H13F4NO3/c13-3-4-20-8-1-2-9(12(14,15)16)7(5-8)6-10(17)11(18)19/h1-2,5,10H,3-4,6,17H2,(H,18,19). The monoisotopic (exact) mass is 295 g/mol. The van der Waals surface area contributed by atoms with Gasteiger partial charge in [-0.15, -0.1) is 0 Å². The lowest BCUT2D eigenvalue weighted by molar-refractivity contribution is -0.140. The van der Waals surface area contributed by atoms with Crippen molar-refractivity contribution in [2.24, 2.45) is 5.73 Å². The summed E-state index contributed by atoms with van der Waals surface area (Å²) in [6, 6.07) is 1.38. The summed E-state index contributed by atoms with van der Waals surface area (Å²) in [5.41, 5.74) is 3.96. The minimum absolute atomic E-state index is 0.0308. The Labute approximate surface area is 112 Å². The first-order valence-electron chi connectivity index (χ1n) is 5.63. The fourth-order valence-electron chi connectivity index (χ4n) is 1.59. The van der Waals surface area contributed by atoms with Crippen LogP contribution in [-0.2, 0) is 17.4 Å². The number of aliphatic carboxylic acids is 1. The van der Waals surface area contributed by atoms with Crippen LogP contribution >= 0.6 is 0 Å². The number of halogens is 4. The van der Waals surface area contributed by atoms with Crippen LogP contribution in [0.15, 0.2) is 18.2 Å². The van der Waals surface area contributed by atoms with Crippen LogP contribution in [0.4, 0.5) is 17.6 Å². The summed E-state index contributed by atoms with van der Waals surface area (Å²) in [6.45, 7) is -1.08. The van der Waals surface area contributed by atoms with Crippen LogP contribution in [0.5, 0.6) is 5.75 Å². The number of carboxylic acid groups (broad SMARTS) is 1. The second-order valence-electron chi connectivity index (χ2n) is 4.00. The van der Waals surface area contributed by atoms with E-state index in [9.17, 15) is 22.4 Å². The minimum atomic E-state index is -4.63. The topological polar surface area (TPSA) is 72.5 Å². The van der Waals surface area contributed by atoms with E-state index < -0.39 is 36.8 Å². The SMILES string of the molecule is NC(Cc1cc(OCCF)ccc1C(F)(F)F)C(=O)O. The van der Waals surface area contributed by atoms with Gasteiger partial charge in [0.05, 0.1) is 5.56 Å². The van der Waals surface area contributed by atoms with Crippen LogP contribution in [0, 0.1) is 0 Å². The molecule has 0 saturated carbocycles. The number of ether oxygens (including phenoxy) is 1. The molecule has 0 aliphatic heterocycles. The molecule has 20 heavy (non-hydrogen) atoms. The highest BCUT2D eigenvalue weighted by molar-refractivity contribution is 5.73. The van der Waals surface area contributed by atoms with Crippen molar-refractivity contribution < 1.29 is 32.2 Å². The van der Waals surface area contributed by atoms with E-state index >= 15 is 0 Å². The molecule has 1 rings (SSSR count). The maximum absolute atomic E-state index is 12.8. The highest BCUT2D eigenvalue weighted by atomic mass is 19.4. The zero-order valence-electron chi connectivity index (χ0n) is 10.3. The molecule has 0 aliphatic carbocycles. The summed E-state index contributed by atoms with van der Waals surface area (Å²) < 4.78 is 55.2. The molecule has 0 spiro atoms. The lowest BCUT2D eigenvalue weighted by atomic mass is 10.00. The molecular formula is C12H13F4NO3. The summed E-state index contributed by atoms with van der Waals surface area (Å²) in [5, 5.41) is 8.66. The molecule has 0 amide bonds. The fourth-order valence-corrected chi connectivity index (χ4v) is 1.59. The van der Waals surface area contributed by atoms with Gasteiger partial charge in [-0.1, -0.05) is 0 Å². The van der Waals surface area contributed by atoms with Crippen molar-refractivity contribution in [1.82, 2.24) is 0 Å². The van der Waals surface area contributed by atoms with E-state index in [4.69, 9.17) is 15.6 Å².